The molecule has 2 N–H and O–H groups in total. The second-order valence-corrected chi connectivity index (χ2v) is 10.3. The molecule has 0 amide bonds. The maximum absolute atomic E-state index is 14.8. The Morgan fingerprint density at radius 1 is 1.11 bits per heavy atom. The van der Waals surface area contributed by atoms with E-state index in [0.29, 0.717) is 34.1 Å². The Balaban J connectivity index is 1.21. The molecule has 190 valence electrons. The Bertz CT molecular complexity index is 1730. The summed E-state index contributed by atoms with van der Waals surface area (Å²) in [6.45, 7) is 3.82. The smallest absolute Gasteiger partial charge is 0.336 e. The first kappa shape index (κ1) is 22.8. The number of fused-ring (bicyclic) bond motifs is 3. The molecule has 0 bridgehead atoms. The first-order chi connectivity index (χ1) is 18.5. The van der Waals surface area contributed by atoms with E-state index in [2.05, 4.69) is 22.0 Å². The van der Waals surface area contributed by atoms with Gasteiger partial charge in [-0.25, -0.2) is 19.2 Å². The number of hydrogen-bond donors (Lipinski definition) is 2. The Hall–Kier alpha value is -4.33. The van der Waals surface area contributed by atoms with Gasteiger partial charge in [0.05, 0.1) is 17.5 Å². The molecule has 0 radical (unpaired) electrons. The number of halogens is 1. The summed E-state index contributed by atoms with van der Waals surface area (Å²) in [5.41, 5.74) is 3.67. The molecule has 1 aliphatic heterocycles. The molecule has 2 aliphatic rings. The van der Waals surface area contributed by atoms with Crippen LogP contribution in [0, 0.1) is 17.7 Å². The van der Waals surface area contributed by atoms with Gasteiger partial charge < -0.3 is 10.0 Å². The zero-order valence-corrected chi connectivity index (χ0v) is 20.9. The number of aromatic amines is 1. The van der Waals surface area contributed by atoms with Crippen LogP contribution in [0.25, 0.3) is 33.2 Å². The lowest BCUT2D eigenvalue weighted by Crippen LogP contribution is -2.32. The van der Waals surface area contributed by atoms with Crippen LogP contribution in [-0.4, -0.2) is 44.3 Å². The van der Waals surface area contributed by atoms with Gasteiger partial charge in [-0.15, -0.1) is 0 Å². The van der Waals surface area contributed by atoms with E-state index in [0.717, 1.165) is 48.3 Å². The zero-order chi connectivity index (χ0) is 26.0. The van der Waals surface area contributed by atoms with E-state index in [1.165, 1.54) is 0 Å². The number of aromatic nitrogens is 4. The molecule has 3 heterocycles. The number of anilines is 1. The normalized spacial score (nSPS) is 22.5. The van der Waals surface area contributed by atoms with Crippen molar-refractivity contribution in [3.05, 3.63) is 83.8 Å². The molecule has 7 nitrogen and oxygen atoms in total. The molecule has 0 spiro atoms. The predicted octanol–water partition coefficient (Wildman–Crippen LogP) is 5.81. The summed E-state index contributed by atoms with van der Waals surface area (Å²) in [6.07, 6.45) is 3.69. The number of carboxylic acids is 1. The molecule has 38 heavy (non-hydrogen) atoms. The van der Waals surface area contributed by atoms with Gasteiger partial charge in [-0.2, -0.15) is 5.10 Å². The number of H-pyrrole nitrogens is 1. The summed E-state index contributed by atoms with van der Waals surface area (Å²) in [7, 11) is 0. The molecule has 2 fully saturated rings. The van der Waals surface area contributed by atoms with Crippen LogP contribution in [0.3, 0.4) is 0 Å². The van der Waals surface area contributed by atoms with Gasteiger partial charge in [-0.3, -0.25) is 5.10 Å². The molecule has 1 saturated carbocycles. The van der Waals surface area contributed by atoms with Crippen LogP contribution in [0.2, 0.25) is 0 Å². The van der Waals surface area contributed by atoms with Gasteiger partial charge in [0.2, 0.25) is 5.65 Å². The number of piperidine rings is 1. The Morgan fingerprint density at radius 3 is 2.68 bits per heavy atom. The summed E-state index contributed by atoms with van der Waals surface area (Å²) < 4.78 is 14.8. The highest BCUT2D eigenvalue weighted by Gasteiger charge is 2.65. The molecule has 1 aliphatic carbocycles. The highest BCUT2D eigenvalue weighted by Crippen LogP contribution is 2.65. The minimum atomic E-state index is -0.965. The molecular formula is C30H26FN5O2. The van der Waals surface area contributed by atoms with Crippen molar-refractivity contribution in [3.63, 3.8) is 0 Å². The third-order valence-corrected chi connectivity index (χ3v) is 8.79. The van der Waals surface area contributed by atoms with Crippen LogP contribution in [0.15, 0.2) is 66.9 Å². The molecule has 2 aromatic heterocycles. The first-order valence-electron chi connectivity index (χ1n) is 13.0. The van der Waals surface area contributed by atoms with Crippen molar-refractivity contribution in [3.8, 4) is 11.3 Å². The fourth-order valence-electron chi connectivity index (χ4n) is 6.97. The molecule has 1 saturated heterocycles. The van der Waals surface area contributed by atoms with Gasteiger partial charge in [-0.1, -0.05) is 55.5 Å². The van der Waals surface area contributed by atoms with Crippen LogP contribution in [0.5, 0.6) is 0 Å². The van der Waals surface area contributed by atoms with Crippen molar-refractivity contribution in [1.82, 2.24) is 20.2 Å². The lowest BCUT2D eigenvalue weighted by molar-refractivity contribution is 0.0699. The zero-order valence-electron chi connectivity index (χ0n) is 20.9. The topological polar surface area (TPSA) is 95.0 Å². The standard InChI is InChI=1S/C30H26FN5O2/c1-2-30(22-9-5-6-10-24(22)31)21-13-14-36(16-23(21)30)25-15-32-27-26(34-35-28(27)33-25)19-11-12-20(29(37)38)18-8-4-3-7-17(18)19/h3-12,15,21,23H,2,13-14,16H2,1H3,(H,37,38)(H,33,34,35)/t21-,23+,30-/m1/s1. The monoisotopic (exact) mass is 507 g/mol. The number of nitrogens with zero attached hydrogens (tertiary/aromatic N) is 4. The van der Waals surface area contributed by atoms with Crippen LogP contribution < -0.4 is 4.90 Å². The highest BCUT2D eigenvalue weighted by atomic mass is 19.1. The van der Waals surface area contributed by atoms with Crippen molar-refractivity contribution < 1.29 is 14.3 Å². The molecule has 7 rings (SSSR count). The largest absolute Gasteiger partial charge is 0.478 e. The average molecular weight is 508 g/mol. The second kappa shape index (κ2) is 8.34. The number of aromatic carboxylic acids is 1. The fourth-order valence-corrected chi connectivity index (χ4v) is 6.97. The summed E-state index contributed by atoms with van der Waals surface area (Å²) >= 11 is 0. The maximum Gasteiger partial charge on any atom is 0.336 e. The minimum Gasteiger partial charge on any atom is -0.478 e. The minimum absolute atomic E-state index is 0.107. The van der Waals surface area contributed by atoms with Gasteiger partial charge in [0.25, 0.3) is 0 Å². The van der Waals surface area contributed by atoms with Crippen LogP contribution in [0.1, 0.15) is 35.7 Å². The fraction of sp³-hybridized carbons (Fsp3) is 0.267. The Morgan fingerprint density at radius 2 is 1.89 bits per heavy atom. The summed E-state index contributed by atoms with van der Waals surface area (Å²) in [4.78, 5) is 23.6. The number of nitrogens with one attached hydrogen (secondary N) is 1. The Kier molecular flexibility index (Phi) is 5.01. The van der Waals surface area contributed by atoms with E-state index in [1.54, 1.807) is 30.5 Å². The third kappa shape index (κ3) is 3.19. The van der Waals surface area contributed by atoms with Gasteiger partial charge in [0.1, 0.15) is 17.2 Å². The molecular weight excluding hydrogens is 481 g/mol. The summed E-state index contributed by atoms with van der Waals surface area (Å²) in [5, 5.41) is 18.6. The van der Waals surface area contributed by atoms with E-state index in [1.807, 2.05) is 36.4 Å². The van der Waals surface area contributed by atoms with E-state index in [-0.39, 0.29) is 16.8 Å². The summed E-state index contributed by atoms with van der Waals surface area (Å²) in [5.74, 6) is 0.559. The SMILES string of the molecule is CC[C@]1(c2ccccc2F)[C@@H]2CCN(c3cnc4c(-c5ccc(C(=O)O)c6ccccc56)[nH]nc4n3)C[C@@H]21. The van der Waals surface area contributed by atoms with Gasteiger partial charge >= 0.3 is 5.97 Å². The van der Waals surface area contributed by atoms with E-state index in [4.69, 9.17) is 9.97 Å². The molecule has 3 aromatic carbocycles. The number of carbonyl (C=O) groups is 1. The van der Waals surface area contributed by atoms with Crippen molar-refractivity contribution in [2.24, 2.45) is 11.8 Å². The lowest BCUT2D eigenvalue weighted by atomic mass is 9.88. The van der Waals surface area contributed by atoms with Crippen LogP contribution in [0.4, 0.5) is 10.2 Å². The molecule has 0 unspecified atom stereocenters. The Labute approximate surface area is 218 Å². The second-order valence-electron chi connectivity index (χ2n) is 10.3. The number of benzene rings is 3. The van der Waals surface area contributed by atoms with Crippen LogP contribution >= 0.6 is 0 Å². The number of rotatable bonds is 5. The van der Waals surface area contributed by atoms with Gasteiger partial charge in [0, 0.05) is 24.1 Å². The van der Waals surface area contributed by atoms with E-state index in [9.17, 15) is 14.3 Å². The average Bonchev–Trinajstić information content (AvgIpc) is 3.41. The third-order valence-electron chi connectivity index (χ3n) is 8.79. The molecule has 5 aromatic rings. The summed E-state index contributed by atoms with van der Waals surface area (Å²) in [6, 6.07) is 18.1. The van der Waals surface area contributed by atoms with Crippen molar-refractivity contribution >= 4 is 33.7 Å². The first-order valence-corrected chi connectivity index (χ1v) is 13.0. The predicted molar refractivity (Wildman–Crippen MR) is 144 cm³/mol. The number of hydrogen-bond acceptors (Lipinski definition) is 5. The van der Waals surface area contributed by atoms with Crippen molar-refractivity contribution in [2.45, 2.75) is 25.2 Å². The molecule has 3 atom stereocenters. The lowest BCUT2D eigenvalue weighted by Gasteiger charge is -2.26. The van der Waals surface area contributed by atoms with Gasteiger partial charge in [-0.05, 0) is 53.1 Å². The van der Waals surface area contributed by atoms with Crippen LogP contribution in [-0.2, 0) is 5.41 Å². The quantitative estimate of drug-likeness (QED) is 0.312. The molecule has 8 heteroatoms. The van der Waals surface area contributed by atoms with Crippen molar-refractivity contribution in [2.75, 3.05) is 18.0 Å². The van der Waals surface area contributed by atoms with Crippen molar-refractivity contribution in [1.29, 1.82) is 0 Å². The maximum atomic E-state index is 14.8. The van der Waals surface area contributed by atoms with E-state index >= 15 is 0 Å². The number of carboxylic acid groups (broad SMARTS) is 1. The highest BCUT2D eigenvalue weighted by molar-refractivity contribution is 6.10. The van der Waals surface area contributed by atoms with E-state index < -0.39 is 5.97 Å². The van der Waals surface area contributed by atoms with Gasteiger partial charge in [0.15, 0.2) is 0 Å².